The molecular weight excluding hydrogens is 252 g/mol. The number of aromatic nitrogens is 1. The fourth-order valence-corrected chi connectivity index (χ4v) is 3.27. The number of amides is 1. The molecule has 2 N–H and O–H groups in total. The molecule has 0 radical (unpaired) electrons. The van der Waals surface area contributed by atoms with E-state index in [-0.39, 0.29) is 5.91 Å². The van der Waals surface area contributed by atoms with Gasteiger partial charge in [-0.2, -0.15) is 0 Å². The Morgan fingerprint density at radius 2 is 2.20 bits per heavy atom. The van der Waals surface area contributed by atoms with E-state index in [0.29, 0.717) is 17.3 Å². The third kappa shape index (κ3) is 2.50. The van der Waals surface area contributed by atoms with Crippen LogP contribution in [0.5, 0.6) is 0 Å². The maximum atomic E-state index is 12.6. The van der Waals surface area contributed by atoms with E-state index in [4.69, 9.17) is 5.73 Å². The molecule has 1 aromatic heterocycles. The minimum Gasteiger partial charge on any atom is -0.398 e. The number of nitrogens with two attached hydrogens (primary N) is 1. The van der Waals surface area contributed by atoms with Gasteiger partial charge in [-0.1, -0.05) is 6.42 Å². The smallest absolute Gasteiger partial charge is 0.257 e. The molecule has 2 fully saturated rings. The Morgan fingerprint density at radius 1 is 1.35 bits per heavy atom. The van der Waals surface area contributed by atoms with E-state index in [9.17, 15) is 4.79 Å². The summed E-state index contributed by atoms with van der Waals surface area (Å²) in [7, 11) is 0. The van der Waals surface area contributed by atoms with Crippen LogP contribution in [0, 0.1) is 6.92 Å². The molecule has 2 aliphatic rings. The highest BCUT2D eigenvalue weighted by molar-refractivity contribution is 5.98. The van der Waals surface area contributed by atoms with Crippen molar-refractivity contribution < 1.29 is 4.79 Å². The number of piperazine rings is 1. The summed E-state index contributed by atoms with van der Waals surface area (Å²) in [6, 6.07) is 2.30. The van der Waals surface area contributed by atoms with Crippen molar-refractivity contribution in [2.24, 2.45) is 0 Å². The second-order valence-electron chi connectivity index (χ2n) is 5.85. The van der Waals surface area contributed by atoms with E-state index in [0.717, 1.165) is 25.3 Å². The molecule has 20 heavy (non-hydrogen) atoms. The maximum absolute atomic E-state index is 12.6. The van der Waals surface area contributed by atoms with Crippen LogP contribution in [0.1, 0.15) is 35.3 Å². The van der Waals surface area contributed by atoms with Gasteiger partial charge in [0.1, 0.15) is 0 Å². The molecule has 1 aromatic rings. The molecule has 0 aliphatic carbocycles. The molecule has 1 atom stereocenters. The lowest BCUT2D eigenvalue weighted by atomic mass is 9.99. The normalized spacial score (nSPS) is 23.4. The predicted molar refractivity (Wildman–Crippen MR) is 78.5 cm³/mol. The number of carbonyl (C=O) groups excluding carboxylic acids is 1. The number of anilines is 1. The van der Waals surface area contributed by atoms with Gasteiger partial charge >= 0.3 is 0 Å². The van der Waals surface area contributed by atoms with E-state index in [1.165, 1.54) is 25.8 Å². The molecule has 0 saturated carbocycles. The zero-order chi connectivity index (χ0) is 14.1. The highest BCUT2D eigenvalue weighted by Gasteiger charge is 2.31. The zero-order valence-electron chi connectivity index (χ0n) is 12.0. The predicted octanol–water partition coefficient (Wildman–Crippen LogP) is 1.28. The number of piperidine rings is 1. The lowest BCUT2D eigenvalue weighted by molar-refractivity contribution is 0.0373. The van der Waals surface area contributed by atoms with E-state index in [1.807, 2.05) is 11.8 Å². The van der Waals surface area contributed by atoms with Gasteiger partial charge in [-0.05, 0) is 32.4 Å². The van der Waals surface area contributed by atoms with Gasteiger partial charge in [0.05, 0.1) is 5.56 Å². The van der Waals surface area contributed by atoms with E-state index in [1.54, 1.807) is 12.3 Å². The van der Waals surface area contributed by atoms with Gasteiger partial charge in [-0.3, -0.25) is 14.7 Å². The summed E-state index contributed by atoms with van der Waals surface area (Å²) in [5.74, 6) is 0.0280. The summed E-state index contributed by atoms with van der Waals surface area (Å²) in [5, 5.41) is 0. The summed E-state index contributed by atoms with van der Waals surface area (Å²) in [5.41, 5.74) is 7.88. The first-order valence-electron chi connectivity index (χ1n) is 7.40. The zero-order valence-corrected chi connectivity index (χ0v) is 12.0. The van der Waals surface area contributed by atoms with Crippen molar-refractivity contribution in [3.8, 4) is 0 Å². The Labute approximate surface area is 119 Å². The molecular formula is C15H22N4O. The van der Waals surface area contributed by atoms with Gasteiger partial charge in [0.25, 0.3) is 5.91 Å². The Bertz CT molecular complexity index is 517. The number of carbonyl (C=O) groups is 1. The molecule has 2 aliphatic heterocycles. The van der Waals surface area contributed by atoms with Gasteiger partial charge in [-0.25, -0.2) is 0 Å². The van der Waals surface area contributed by atoms with Crippen LogP contribution in [0.15, 0.2) is 12.3 Å². The number of rotatable bonds is 1. The topological polar surface area (TPSA) is 62.5 Å². The van der Waals surface area contributed by atoms with Crippen LogP contribution in [-0.4, -0.2) is 52.9 Å². The number of fused-ring (bicyclic) bond motifs is 1. The van der Waals surface area contributed by atoms with Crippen molar-refractivity contribution in [2.45, 2.75) is 32.2 Å². The SMILES string of the molecule is Cc1cc(N)c(C(=O)N2CCN3CCCCC3C2)cn1. The highest BCUT2D eigenvalue weighted by Crippen LogP contribution is 2.23. The van der Waals surface area contributed by atoms with Crippen LogP contribution < -0.4 is 5.73 Å². The largest absolute Gasteiger partial charge is 0.398 e. The standard InChI is InChI=1S/C15H22N4O/c1-11-8-14(16)13(9-17-11)15(20)19-7-6-18-5-3-2-4-12(18)10-19/h8-9,12H,2-7,10H2,1H3,(H2,16,17). The van der Waals surface area contributed by atoms with Crippen LogP contribution >= 0.6 is 0 Å². The third-order valence-corrected chi connectivity index (χ3v) is 4.43. The van der Waals surface area contributed by atoms with Gasteiger partial charge in [-0.15, -0.1) is 0 Å². The summed E-state index contributed by atoms with van der Waals surface area (Å²) < 4.78 is 0. The van der Waals surface area contributed by atoms with Crippen LogP contribution in [0.25, 0.3) is 0 Å². The fourth-order valence-electron chi connectivity index (χ4n) is 3.27. The summed E-state index contributed by atoms with van der Waals surface area (Å²) in [6.45, 7) is 5.66. The summed E-state index contributed by atoms with van der Waals surface area (Å²) in [6.07, 6.45) is 5.38. The molecule has 0 bridgehead atoms. The Hall–Kier alpha value is -1.62. The number of hydrogen-bond acceptors (Lipinski definition) is 4. The average molecular weight is 274 g/mol. The number of nitrogens with zero attached hydrogens (tertiary/aromatic N) is 3. The van der Waals surface area contributed by atoms with Crippen molar-refractivity contribution in [3.63, 3.8) is 0 Å². The fraction of sp³-hybridized carbons (Fsp3) is 0.600. The van der Waals surface area contributed by atoms with Crippen LogP contribution in [-0.2, 0) is 0 Å². The molecule has 3 heterocycles. The number of pyridine rings is 1. The van der Waals surface area contributed by atoms with Crippen LogP contribution in [0.2, 0.25) is 0 Å². The lowest BCUT2D eigenvalue weighted by Crippen LogP contribution is -2.56. The summed E-state index contributed by atoms with van der Waals surface area (Å²) >= 11 is 0. The van der Waals surface area contributed by atoms with Crippen molar-refractivity contribution >= 4 is 11.6 Å². The number of nitrogen functional groups attached to an aromatic ring is 1. The first kappa shape index (κ1) is 13.4. The van der Waals surface area contributed by atoms with Crippen molar-refractivity contribution in [3.05, 3.63) is 23.5 Å². The van der Waals surface area contributed by atoms with E-state index < -0.39 is 0 Å². The minimum absolute atomic E-state index is 0.0280. The van der Waals surface area contributed by atoms with E-state index >= 15 is 0 Å². The van der Waals surface area contributed by atoms with Gasteiger partial charge < -0.3 is 10.6 Å². The van der Waals surface area contributed by atoms with E-state index in [2.05, 4.69) is 9.88 Å². The minimum atomic E-state index is 0.0280. The van der Waals surface area contributed by atoms with Gasteiger partial charge in [0, 0.05) is 43.3 Å². The Balaban J connectivity index is 1.74. The number of aryl methyl sites for hydroxylation is 1. The molecule has 5 heteroatoms. The number of hydrogen-bond donors (Lipinski definition) is 1. The molecule has 3 rings (SSSR count). The first-order valence-corrected chi connectivity index (χ1v) is 7.40. The monoisotopic (exact) mass is 274 g/mol. The Morgan fingerprint density at radius 3 is 3.00 bits per heavy atom. The first-order chi connectivity index (χ1) is 9.65. The molecule has 108 valence electrons. The van der Waals surface area contributed by atoms with Crippen LogP contribution in [0.3, 0.4) is 0 Å². The average Bonchev–Trinajstić information content (AvgIpc) is 2.46. The molecule has 0 spiro atoms. The van der Waals surface area contributed by atoms with Crippen molar-refractivity contribution in [1.82, 2.24) is 14.8 Å². The van der Waals surface area contributed by atoms with Crippen molar-refractivity contribution in [2.75, 3.05) is 31.9 Å². The quantitative estimate of drug-likeness (QED) is 0.838. The molecule has 2 saturated heterocycles. The molecule has 1 amide bonds. The lowest BCUT2D eigenvalue weighted by Gasteiger charge is -2.44. The maximum Gasteiger partial charge on any atom is 0.257 e. The molecule has 0 aromatic carbocycles. The molecule has 5 nitrogen and oxygen atoms in total. The van der Waals surface area contributed by atoms with Gasteiger partial charge in [0.2, 0.25) is 0 Å². The summed E-state index contributed by atoms with van der Waals surface area (Å²) in [4.78, 5) is 21.3. The third-order valence-electron chi connectivity index (χ3n) is 4.43. The molecule has 1 unspecified atom stereocenters. The Kier molecular flexibility index (Phi) is 3.61. The second kappa shape index (κ2) is 5.40. The highest BCUT2D eigenvalue weighted by atomic mass is 16.2. The van der Waals surface area contributed by atoms with Crippen LogP contribution in [0.4, 0.5) is 5.69 Å². The van der Waals surface area contributed by atoms with Gasteiger partial charge in [0.15, 0.2) is 0 Å². The second-order valence-corrected chi connectivity index (χ2v) is 5.85. The van der Waals surface area contributed by atoms with Crippen molar-refractivity contribution in [1.29, 1.82) is 0 Å².